The maximum atomic E-state index is 13.2. The molecule has 4 aromatic rings. The molecule has 4 rings (SSSR count). The Kier molecular flexibility index (Phi) is 4.21. The Morgan fingerprint density at radius 2 is 1.89 bits per heavy atom. The molecule has 0 aliphatic carbocycles. The number of halogens is 1. The first-order valence-corrected chi connectivity index (χ1v) is 8.12. The number of aromatic amines is 1. The Labute approximate surface area is 153 Å². The van der Waals surface area contributed by atoms with Crippen molar-refractivity contribution in [3.63, 3.8) is 0 Å². The number of aryl methyl sites for hydroxylation is 1. The van der Waals surface area contributed by atoms with Gasteiger partial charge in [0.25, 0.3) is 5.91 Å². The lowest BCUT2D eigenvalue weighted by Gasteiger charge is -2.06. The van der Waals surface area contributed by atoms with Crippen LogP contribution in [0, 0.1) is 12.7 Å². The molecule has 8 heteroatoms. The van der Waals surface area contributed by atoms with E-state index < -0.39 is 0 Å². The minimum absolute atomic E-state index is 0.246. The zero-order valence-electron chi connectivity index (χ0n) is 14.2. The van der Waals surface area contributed by atoms with Crippen molar-refractivity contribution in [1.82, 2.24) is 20.2 Å². The fourth-order valence-electron chi connectivity index (χ4n) is 2.45. The van der Waals surface area contributed by atoms with Gasteiger partial charge in [0, 0.05) is 17.7 Å². The van der Waals surface area contributed by atoms with E-state index in [9.17, 15) is 9.18 Å². The van der Waals surface area contributed by atoms with Crippen molar-refractivity contribution < 1.29 is 13.9 Å². The third-order valence-corrected chi connectivity index (χ3v) is 3.79. The third kappa shape index (κ3) is 3.74. The molecule has 0 radical (unpaired) electrons. The van der Waals surface area contributed by atoms with Crippen LogP contribution in [0.1, 0.15) is 16.1 Å². The number of aromatic nitrogens is 4. The normalized spacial score (nSPS) is 10.7. The van der Waals surface area contributed by atoms with Gasteiger partial charge in [0.05, 0.1) is 16.7 Å². The van der Waals surface area contributed by atoms with Crippen LogP contribution in [0.25, 0.3) is 11.0 Å². The molecular weight excluding hydrogens is 349 g/mol. The van der Waals surface area contributed by atoms with E-state index in [-0.39, 0.29) is 17.7 Å². The van der Waals surface area contributed by atoms with Crippen LogP contribution in [-0.4, -0.2) is 26.1 Å². The molecule has 134 valence electrons. The molecule has 0 fully saturated rings. The van der Waals surface area contributed by atoms with Crippen LogP contribution in [-0.2, 0) is 0 Å². The average molecular weight is 363 g/mol. The number of imidazole rings is 1. The Morgan fingerprint density at radius 1 is 1.07 bits per heavy atom. The lowest BCUT2D eigenvalue weighted by molar-refractivity contribution is 0.102. The zero-order valence-corrected chi connectivity index (χ0v) is 14.2. The number of anilines is 1. The second kappa shape index (κ2) is 6.83. The predicted octanol–water partition coefficient (Wildman–Crippen LogP) is 3.85. The van der Waals surface area contributed by atoms with E-state index >= 15 is 0 Å². The van der Waals surface area contributed by atoms with E-state index in [0.717, 1.165) is 5.69 Å². The highest BCUT2D eigenvalue weighted by Gasteiger charge is 2.10. The van der Waals surface area contributed by atoms with Crippen LogP contribution < -0.4 is 10.1 Å². The van der Waals surface area contributed by atoms with Gasteiger partial charge in [-0.25, -0.2) is 9.37 Å². The number of amides is 1. The van der Waals surface area contributed by atoms with Crippen LogP contribution in [0.5, 0.6) is 11.6 Å². The summed E-state index contributed by atoms with van der Waals surface area (Å²) in [6, 6.07) is 14.2. The minimum atomic E-state index is -0.388. The van der Waals surface area contributed by atoms with Crippen molar-refractivity contribution in [2.24, 2.45) is 0 Å². The number of hydrogen-bond acceptors (Lipinski definition) is 5. The topological polar surface area (TPSA) is 92.8 Å². The van der Waals surface area contributed by atoms with Crippen LogP contribution >= 0.6 is 0 Å². The summed E-state index contributed by atoms with van der Waals surface area (Å²) < 4.78 is 18.8. The maximum Gasteiger partial charge on any atom is 0.257 e. The fourth-order valence-corrected chi connectivity index (χ4v) is 2.45. The first-order chi connectivity index (χ1) is 13.1. The van der Waals surface area contributed by atoms with Crippen molar-refractivity contribution in [2.45, 2.75) is 6.92 Å². The smallest absolute Gasteiger partial charge is 0.257 e. The number of fused-ring (bicyclic) bond motifs is 1. The fraction of sp³-hybridized carbons (Fsp3) is 0.0526. The van der Waals surface area contributed by atoms with Crippen LogP contribution in [0.3, 0.4) is 0 Å². The Hall–Kier alpha value is -3.81. The standard InChI is InChI=1S/C19H14FN5O2/c1-11-2-9-17(25-24-11)27-14-6-3-12(4-7-14)18(26)23-19-21-15-8-5-13(20)10-16(15)22-19/h2-10H,1H3,(H2,21,22,23,26). The molecule has 27 heavy (non-hydrogen) atoms. The van der Waals surface area contributed by atoms with E-state index in [1.165, 1.54) is 12.1 Å². The number of rotatable bonds is 4. The van der Waals surface area contributed by atoms with Gasteiger partial charge in [-0.05, 0) is 49.4 Å². The number of hydrogen-bond donors (Lipinski definition) is 2. The van der Waals surface area contributed by atoms with Crippen molar-refractivity contribution >= 4 is 22.9 Å². The largest absolute Gasteiger partial charge is 0.438 e. The molecule has 0 saturated heterocycles. The van der Waals surface area contributed by atoms with Crippen molar-refractivity contribution in [3.05, 3.63) is 71.7 Å². The summed E-state index contributed by atoms with van der Waals surface area (Å²) in [4.78, 5) is 19.4. The molecular formula is C19H14FN5O2. The first kappa shape index (κ1) is 16.6. The number of carbonyl (C=O) groups excluding carboxylic acids is 1. The van der Waals surface area contributed by atoms with E-state index in [2.05, 4.69) is 25.5 Å². The van der Waals surface area contributed by atoms with Crippen molar-refractivity contribution in [2.75, 3.05) is 5.32 Å². The zero-order chi connectivity index (χ0) is 18.8. The van der Waals surface area contributed by atoms with Gasteiger partial charge >= 0.3 is 0 Å². The number of carbonyl (C=O) groups is 1. The quantitative estimate of drug-likeness (QED) is 0.575. The SMILES string of the molecule is Cc1ccc(Oc2ccc(C(=O)Nc3nc4cc(F)ccc4[nH]3)cc2)nn1. The lowest BCUT2D eigenvalue weighted by Crippen LogP contribution is -2.12. The molecule has 0 bridgehead atoms. The monoisotopic (exact) mass is 363 g/mol. The summed E-state index contributed by atoms with van der Waals surface area (Å²) in [5.74, 6) is 0.406. The van der Waals surface area contributed by atoms with Crippen LogP contribution in [0.2, 0.25) is 0 Å². The highest BCUT2D eigenvalue weighted by molar-refractivity contribution is 6.04. The Balaban J connectivity index is 1.45. The second-order valence-electron chi connectivity index (χ2n) is 5.84. The lowest BCUT2D eigenvalue weighted by atomic mass is 10.2. The van der Waals surface area contributed by atoms with E-state index in [1.54, 1.807) is 42.5 Å². The summed E-state index contributed by atoms with van der Waals surface area (Å²) in [6.07, 6.45) is 0. The van der Waals surface area contributed by atoms with E-state index in [0.29, 0.717) is 28.2 Å². The summed E-state index contributed by atoms with van der Waals surface area (Å²) in [6.45, 7) is 1.84. The molecule has 2 aromatic heterocycles. The van der Waals surface area contributed by atoms with E-state index in [4.69, 9.17) is 4.74 Å². The van der Waals surface area contributed by atoms with Gasteiger partial charge in [-0.15, -0.1) is 5.10 Å². The van der Waals surface area contributed by atoms with Gasteiger partial charge in [-0.1, -0.05) is 0 Å². The third-order valence-electron chi connectivity index (χ3n) is 3.79. The number of nitrogens with zero attached hydrogens (tertiary/aromatic N) is 3. The molecule has 0 spiro atoms. The summed E-state index contributed by atoms with van der Waals surface area (Å²) in [5.41, 5.74) is 2.29. The summed E-state index contributed by atoms with van der Waals surface area (Å²) in [5, 5.41) is 10.5. The van der Waals surface area contributed by atoms with Gasteiger partial charge in [-0.2, -0.15) is 5.10 Å². The highest BCUT2D eigenvalue weighted by atomic mass is 19.1. The van der Waals surface area contributed by atoms with Gasteiger partial charge in [0.15, 0.2) is 0 Å². The van der Waals surface area contributed by atoms with Crippen LogP contribution in [0.15, 0.2) is 54.6 Å². The molecule has 0 aliphatic heterocycles. The molecule has 7 nitrogen and oxygen atoms in total. The van der Waals surface area contributed by atoms with E-state index in [1.807, 2.05) is 6.92 Å². The molecule has 2 N–H and O–H groups in total. The number of nitrogens with one attached hydrogen (secondary N) is 2. The number of benzene rings is 2. The summed E-state index contributed by atoms with van der Waals surface area (Å²) >= 11 is 0. The minimum Gasteiger partial charge on any atom is -0.438 e. The number of ether oxygens (including phenoxy) is 1. The van der Waals surface area contributed by atoms with Crippen LogP contribution in [0.4, 0.5) is 10.3 Å². The highest BCUT2D eigenvalue weighted by Crippen LogP contribution is 2.20. The van der Waals surface area contributed by atoms with Gasteiger partial charge in [0.1, 0.15) is 11.6 Å². The Bertz CT molecular complexity index is 1110. The molecule has 0 saturated carbocycles. The van der Waals surface area contributed by atoms with Gasteiger partial charge < -0.3 is 9.72 Å². The molecule has 0 unspecified atom stereocenters. The average Bonchev–Trinajstić information content (AvgIpc) is 3.05. The van der Waals surface area contributed by atoms with Gasteiger partial charge in [0.2, 0.25) is 11.8 Å². The maximum absolute atomic E-state index is 13.2. The summed E-state index contributed by atoms with van der Waals surface area (Å²) in [7, 11) is 0. The van der Waals surface area contributed by atoms with Crippen molar-refractivity contribution in [3.8, 4) is 11.6 Å². The molecule has 2 aromatic carbocycles. The molecule has 2 heterocycles. The molecule has 0 aliphatic rings. The van der Waals surface area contributed by atoms with Gasteiger partial charge in [-0.3, -0.25) is 10.1 Å². The Morgan fingerprint density at radius 3 is 2.63 bits per heavy atom. The predicted molar refractivity (Wildman–Crippen MR) is 97.3 cm³/mol. The molecule has 0 atom stereocenters. The second-order valence-corrected chi connectivity index (χ2v) is 5.84. The number of H-pyrrole nitrogens is 1. The molecule has 1 amide bonds. The first-order valence-electron chi connectivity index (χ1n) is 8.12. The van der Waals surface area contributed by atoms with Crippen molar-refractivity contribution in [1.29, 1.82) is 0 Å².